The van der Waals surface area contributed by atoms with Crippen LogP contribution in [0.2, 0.25) is 15.1 Å². The average molecular weight is 522 g/mol. The van der Waals surface area contributed by atoms with Crippen molar-refractivity contribution in [3.05, 3.63) is 55.3 Å². The summed E-state index contributed by atoms with van der Waals surface area (Å²) in [5.74, 6) is -2.24. The summed E-state index contributed by atoms with van der Waals surface area (Å²) in [6.45, 7) is 4.93. The number of esters is 2. The van der Waals surface area contributed by atoms with E-state index in [4.69, 9.17) is 59.5 Å². The molecule has 182 valence electrons. The zero-order valence-corrected chi connectivity index (χ0v) is 20.9. The van der Waals surface area contributed by atoms with E-state index in [9.17, 15) is 9.59 Å². The van der Waals surface area contributed by atoms with E-state index in [0.29, 0.717) is 36.7 Å². The van der Waals surface area contributed by atoms with Gasteiger partial charge in [0.05, 0.1) is 73.0 Å². The minimum absolute atomic E-state index is 0.0222. The van der Waals surface area contributed by atoms with Gasteiger partial charge in [-0.05, 0) is 31.5 Å². The maximum atomic E-state index is 13.1. The van der Waals surface area contributed by atoms with Crippen molar-refractivity contribution in [3.63, 3.8) is 0 Å². The number of ether oxygens (including phenoxy) is 4. The number of nitrogens with two attached hydrogens (primary N) is 1. The van der Waals surface area contributed by atoms with E-state index in [0.717, 1.165) is 0 Å². The molecule has 0 aromatic heterocycles. The Morgan fingerprint density at radius 2 is 1.76 bits per heavy atom. The van der Waals surface area contributed by atoms with Crippen molar-refractivity contribution >= 4 is 46.7 Å². The van der Waals surface area contributed by atoms with E-state index in [1.54, 1.807) is 19.9 Å². The van der Waals surface area contributed by atoms with Gasteiger partial charge in [0.1, 0.15) is 0 Å². The number of rotatable bonds is 11. The van der Waals surface area contributed by atoms with E-state index in [1.165, 1.54) is 13.2 Å². The SMILES string of the molecule is CCOC(=O)C1=C(COCCOCCN)NC(C)=C(C(=O)OC)[C@H]1c1cc(Cl)cc(Cl)c1Cl. The van der Waals surface area contributed by atoms with Crippen LogP contribution in [0.1, 0.15) is 25.3 Å². The topological polar surface area (TPSA) is 109 Å². The molecule has 2 rings (SSSR count). The first-order valence-electron chi connectivity index (χ1n) is 10.2. The third-order valence-corrected chi connectivity index (χ3v) is 5.79. The van der Waals surface area contributed by atoms with Crippen molar-refractivity contribution in [2.45, 2.75) is 19.8 Å². The highest BCUT2D eigenvalue weighted by atomic mass is 35.5. The van der Waals surface area contributed by atoms with Crippen LogP contribution in [0.15, 0.2) is 34.7 Å². The van der Waals surface area contributed by atoms with E-state index >= 15 is 0 Å². The fourth-order valence-electron chi connectivity index (χ4n) is 3.42. The molecule has 3 N–H and O–H groups in total. The summed E-state index contributed by atoms with van der Waals surface area (Å²) in [4.78, 5) is 25.9. The van der Waals surface area contributed by atoms with E-state index in [2.05, 4.69) is 5.32 Å². The third kappa shape index (κ3) is 6.85. The number of carbonyl (C=O) groups excluding carboxylic acids is 2. The van der Waals surface area contributed by atoms with Gasteiger partial charge in [-0.1, -0.05) is 34.8 Å². The van der Waals surface area contributed by atoms with Crippen LogP contribution < -0.4 is 11.1 Å². The summed E-state index contributed by atoms with van der Waals surface area (Å²) in [7, 11) is 1.25. The van der Waals surface area contributed by atoms with Gasteiger partial charge in [-0.15, -0.1) is 0 Å². The van der Waals surface area contributed by atoms with Crippen LogP contribution in [-0.4, -0.2) is 58.6 Å². The monoisotopic (exact) mass is 520 g/mol. The normalized spacial score (nSPS) is 16.0. The standard InChI is InChI=1S/C22H27Cl3N2O6/c1-4-33-22(29)19-16(11-32-8-7-31-6-5-26)27-12(2)17(21(28)30-3)18(19)14-9-13(23)10-15(24)20(14)25/h9-10,18,27H,4-8,11,26H2,1-3H3/t18-/m1/s1. The Morgan fingerprint density at radius 3 is 2.39 bits per heavy atom. The molecule has 1 aromatic carbocycles. The Kier molecular flexibility index (Phi) is 11.0. The molecule has 0 aliphatic carbocycles. The molecule has 11 heteroatoms. The van der Waals surface area contributed by atoms with Gasteiger partial charge in [0.15, 0.2) is 0 Å². The Hall–Kier alpha value is -1.81. The fourth-order valence-corrected chi connectivity index (χ4v) is 4.14. The lowest BCUT2D eigenvalue weighted by Crippen LogP contribution is -2.35. The minimum Gasteiger partial charge on any atom is -0.466 e. The number of halogens is 3. The molecule has 0 saturated heterocycles. The van der Waals surface area contributed by atoms with Crippen LogP contribution >= 0.6 is 34.8 Å². The van der Waals surface area contributed by atoms with E-state index in [1.807, 2.05) is 0 Å². The highest BCUT2D eigenvalue weighted by Crippen LogP contribution is 2.44. The molecule has 0 saturated carbocycles. The number of dihydropyridines is 1. The number of hydrogen-bond donors (Lipinski definition) is 2. The average Bonchev–Trinajstić information content (AvgIpc) is 2.77. The zero-order valence-electron chi connectivity index (χ0n) is 18.6. The molecule has 33 heavy (non-hydrogen) atoms. The van der Waals surface area contributed by atoms with Gasteiger partial charge >= 0.3 is 11.9 Å². The smallest absolute Gasteiger partial charge is 0.336 e. The van der Waals surface area contributed by atoms with Crippen LogP contribution in [0.4, 0.5) is 0 Å². The van der Waals surface area contributed by atoms with E-state index < -0.39 is 17.9 Å². The Labute approximate surface area is 207 Å². The van der Waals surface area contributed by atoms with E-state index in [-0.39, 0.29) is 46.0 Å². The lowest BCUT2D eigenvalue weighted by atomic mass is 9.80. The summed E-state index contributed by atoms with van der Waals surface area (Å²) in [6, 6.07) is 3.03. The molecule has 0 amide bonds. The van der Waals surface area contributed by atoms with Crippen molar-refractivity contribution in [3.8, 4) is 0 Å². The lowest BCUT2D eigenvalue weighted by molar-refractivity contribution is -0.139. The number of allylic oxidation sites excluding steroid dienone is 1. The Balaban J connectivity index is 2.59. The van der Waals surface area contributed by atoms with Gasteiger partial charge in [-0.3, -0.25) is 0 Å². The number of carbonyl (C=O) groups is 2. The van der Waals surface area contributed by atoms with Gasteiger partial charge < -0.3 is 30.0 Å². The van der Waals surface area contributed by atoms with Crippen LogP contribution in [0.25, 0.3) is 0 Å². The second-order valence-corrected chi connectivity index (χ2v) is 8.17. The van der Waals surface area contributed by atoms with Crippen molar-refractivity contribution < 1.29 is 28.5 Å². The molecule has 8 nitrogen and oxygen atoms in total. The predicted octanol–water partition coefficient (Wildman–Crippen LogP) is 3.59. The second kappa shape index (κ2) is 13.2. The highest BCUT2D eigenvalue weighted by molar-refractivity contribution is 6.43. The molecular formula is C22H27Cl3N2O6. The predicted molar refractivity (Wildman–Crippen MR) is 126 cm³/mol. The Morgan fingerprint density at radius 1 is 1.06 bits per heavy atom. The van der Waals surface area contributed by atoms with Crippen LogP contribution in [0, 0.1) is 0 Å². The van der Waals surface area contributed by atoms with Crippen LogP contribution in [0.3, 0.4) is 0 Å². The summed E-state index contributed by atoms with van der Waals surface area (Å²) in [5.41, 5.74) is 6.96. The number of benzene rings is 1. The van der Waals surface area contributed by atoms with Gasteiger partial charge in [-0.25, -0.2) is 9.59 Å². The lowest BCUT2D eigenvalue weighted by Gasteiger charge is -2.32. The molecule has 0 radical (unpaired) electrons. The first kappa shape index (κ1) is 27.4. The number of hydrogen-bond acceptors (Lipinski definition) is 8. The maximum absolute atomic E-state index is 13.1. The molecule has 1 heterocycles. The third-order valence-electron chi connectivity index (χ3n) is 4.76. The molecule has 1 aliphatic heterocycles. The summed E-state index contributed by atoms with van der Waals surface area (Å²) in [6.07, 6.45) is 0. The number of nitrogens with one attached hydrogen (secondary N) is 1. The van der Waals surface area contributed by atoms with Crippen molar-refractivity contribution in [2.24, 2.45) is 5.73 Å². The second-order valence-electron chi connectivity index (χ2n) is 6.95. The van der Waals surface area contributed by atoms with Gasteiger partial charge in [0.2, 0.25) is 0 Å². The summed E-state index contributed by atoms with van der Waals surface area (Å²) < 4.78 is 21.3. The quantitative estimate of drug-likeness (QED) is 0.258. The molecule has 0 bridgehead atoms. The van der Waals surface area contributed by atoms with Crippen molar-refractivity contribution in [1.29, 1.82) is 0 Å². The first-order chi connectivity index (χ1) is 15.8. The van der Waals surface area contributed by atoms with Crippen LogP contribution in [0.5, 0.6) is 0 Å². The molecule has 0 spiro atoms. The highest BCUT2D eigenvalue weighted by Gasteiger charge is 2.40. The number of methoxy groups -OCH3 is 1. The van der Waals surface area contributed by atoms with Gasteiger partial charge in [0.25, 0.3) is 0 Å². The molecule has 0 fully saturated rings. The first-order valence-corrected chi connectivity index (χ1v) is 11.4. The minimum atomic E-state index is -0.950. The van der Waals surface area contributed by atoms with Crippen LogP contribution in [-0.2, 0) is 28.5 Å². The van der Waals surface area contributed by atoms with Gasteiger partial charge in [-0.2, -0.15) is 0 Å². The summed E-state index contributed by atoms with van der Waals surface area (Å²) in [5, 5.41) is 3.70. The van der Waals surface area contributed by atoms with Gasteiger partial charge in [0, 0.05) is 17.3 Å². The molecule has 1 atom stereocenters. The summed E-state index contributed by atoms with van der Waals surface area (Å²) >= 11 is 19.0. The zero-order chi connectivity index (χ0) is 24.5. The molecule has 1 aliphatic rings. The van der Waals surface area contributed by atoms with Crippen molar-refractivity contribution in [1.82, 2.24) is 5.32 Å². The molecular weight excluding hydrogens is 495 g/mol. The maximum Gasteiger partial charge on any atom is 0.336 e. The molecule has 1 aromatic rings. The Bertz CT molecular complexity index is 948. The fraction of sp³-hybridized carbons (Fsp3) is 0.455. The largest absolute Gasteiger partial charge is 0.466 e. The van der Waals surface area contributed by atoms with Crippen molar-refractivity contribution in [2.75, 3.05) is 46.7 Å². The molecule has 0 unspecified atom stereocenters.